The van der Waals surface area contributed by atoms with Crippen LogP contribution in [0.3, 0.4) is 0 Å². The van der Waals surface area contributed by atoms with Crippen molar-refractivity contribution in [2.24, 2.45) is 0 Å². The average Bonchev–Trinajstić information content (AvgIpc) is 2.78. The molecular weight excluding hydrogens is 442 g/mol. The summed E-state index contributed by atoms with van der Waals surface area (Å²) in [6.45, 7) is 5.09. The van der Waals surface area contributed by atoms with Crippen LogP contribution in [0.15, 0.2) is 60.8 Å². The Hall–Kier alpha value is -3.89. The largest absolute Gasteiger partial charge is 0.457 e. The fraction of sp³-hybridized carbons (Fsp3) is 0.200. The lowest BCUT2D eigenvalue weighted by atomic mass is 10.1. The number of aromatic nitrogens is 1. The van der Waals surface area contributed by atoms with E-state index in [1.807, 2.05) is 0 Å². The summed E-state index contributed by atoms with van der Waals surface area (Å²) >= 11 is 6.33. The minimum Gasteiger partial charge on any atom is -0.457 e. The van der Waals surface area contributed by atoms with Crippen molar-refractivity contribution < 1.29 is 19.1 Å². The minimum atomic E-state index is -0.803. The van der Waals surface area contributed by atoms with Crippen LogP contribution in [0.4, 0.5) is 10.5 Å². The third-order valence-electron chi connectivity index (χ3n) is 4.55. The molecule has 0 unspecified atom stereocenters. The number of carbonyl (C=O) groups is 2. The molecule has 1 aromatic heterocycles. The number of hydrogen-bond acceptors (Lipinski definition) is 6. The summed E-state index contributed by atoms with van der Waals surface area (Å²) in [5.41, 5.74) is 1.94. The number of amides is 2. The number of pyridine rings is 1. The van der Waals surface area contributed by atoms with Gasteiger partial charge in [-0.25, -0.2) is 9.69 Å². The maximum absolute atomic E-state index is 13.1. The van der Waals surface area contributed by atoms with Gasteiger partial charge in [-0.1, -0.05) is 23.7 Å². The van der Waals surface area contributed by atoms with Gasteiger partial charge in [0.2, 0.25) is 5.91 Å². The molecule has 2 amide bonds. The van der Waals surface area contributed by atoms with Crippen molar-refractivity contribution in [3.63, 3.8) is 0 Å². The second-order valence-electron chi connectivity index (χ2n) is 7.45. The van der Waals surface area contributed by atoms with E-state index in [9.17, 15) is 9.59 Å². The Morgan fingerprint density at radius 3 is 2.24 bits per heavy atom. The van der Waals surface area contributed by atoms with Gasteiger partial charge in [-0.3, -0.25) is 9.78 Å². The van der Waals surface area contributed by atoms with Gasteiger partial charge in [0, 0.05) is 6.20 Å². The number of nitrogens with zero attached hydrogens (tertiary/aromatic N) is 3. The summed E-state index contributed by atoms with van der Waals surface area (Å²) in [5.74, 6) is 0.664. The fourth-order valence-electron chi connectivity index (χ4n) is 2.96. The van der Waals surface area contributed by atoms with Crippen LogP contribution in [0.5, 0.6) is 11.5 Å². The molecule has 3 aromatic rings. The van der Waals surface area contributed by atoms with Crippen LogP contribution < -0.4 is 9.64 Å². The zero-order valence-electron chi connectivity index (χ0n) is 18.4. The molecule has 0 atom stereocenters. The van der Waals surface area contributed by atoms with E-state index in [-0.39, 0.29) is 17.1 Å². The summed E-state index contributed by atoms with van der Waals surface area (Å²) in [6.07, 6.45) is 0.216. The van der Waals surface area contributed by atoms with Crippen molar-refractivity contribution in [3.05, 3.63) is 82.6 Å². The highest BCUT2D eigenvalue weighted by Crippen LogP contribution is 2.29. The van der Waals surface area contributed by atoms with Crippen LogP contribution >= 0.6 is 11.6 Å². The highest BCUT2D eigenvalue weighted by molar-refractivity contribution is 6.35. The normalized spacial score (nSPS) is 10.4. The van der Waals surface area contributed by atoms with Crippen molar-refractivity contribution in [3.8, 4) is 17.6 Å². The molecule has 0 N–H and O–H groups in total. The molecule has 0 bridgehead atoms. The first-order chi connectivity index (χ1) is 15.8. The molecule has 0 aliphatic carbocycles. The predicted octanol–water partition coefficient (Wildman–Crippen LogP) is 5.83. The van der Waals surface area contributed by atoms with Crippen LogP contribution in [0, 0.1) is 18.3 Å². The van der Waals surface area contributed by atoms with Gasteiger partial charge in [0.1, 0.15) is 11.5 Å². The lowest BCUT2D eigenvalue weighted by Gasteiger charge is -2.23. The second kappa shape index (κ2) is 10.6. The van der Waals surface area contributed by atoms with E-state index in [0.717, 1.165) is 4.90 Å². The number of halogens is 1. The van der Waals surface area contributed by atoms with Gasteiger partial charge in [0.05, 0.1) is 40.6 Å². The number of rotatable bonds is 6. The SMILES string of the molecule is Cc1nccc(N(C(=O)Cc2ccc(Oc3ccc(C#N)cc3)cc2)C(=O)OC(C)C)c1Cl. The first-order valence-electron chi connectivity index (χ1n) is 10.2. The van der Waals surface area contributed by atoms with E-state index < -0.39 is 18.1 Å². The molecule has 3 rings (SSSR count). The van der Waals surface area contributed by atoms with Gasteiger partial charge in [-0.05, 0) is 68.8 Å². The molecule has 0 saturated heterocycles. The number of benzene rings is 2. The summed E-state index contributed by atoms with van der Waals surface area (Å²) < 4.78 is 11.0. The standard InChI is InChI=1S/C25H22ClN3O4/c1-16(2)32-25(31)29(22-12-13-28-17(3)24(22)26)23(30)14-18-4-8-20(9-5-18)33-21-10-6-19(15-27)7-11-21/h4-13,16H,14H2,1-3H3. The van der Waals surface area contributed by atoms with Crippen molar-refractivity contribution in [1.29, 1.82) is 5.26 Å². The first-order valence-corrected chi connectivity index (χ1v) is 10.6. The average molecular weight is 464 g/mol. The van der Waals surface area contributed by atoms with Gasteiger partial charge in [-0.15, -0.1) is 0 Å². The van der Waals surface area contributed by atoms with Gasteiger partial charge in [0.15, 0.2) is 0 Å². The fourth-order valence-corrected chi connectivity index (χ4v) is 3.16. The van der Waals surface area contributed by atoms with Gasteiger partial charge in [-0.2, -0.15) is 5.26 Å². The van der Waals surface area contributed by atoms with Gasteiger partial charge in [0.25, 0.3) is 0 Å². The Kier molecular flexibility index (Phi) is 7.65. The zero-order chi connectivity index (χ0) is 24.0. The number of hydrogen-bond donors (Lipinski definition) is 0. The van der Waals surface area contributed by atoms with Gasteiger partial charge < -0.3 is 9.47 Å². The first kappa shape index (κ1) is 23.8. The predicted molar refractivity (Wildman–Crippen MR) is 124 cm³/mol. The minimum absolute atomic E-state index is 0.0535. The van der Waals surface area contributed by atoms with E-state index in [2.05, 4.69) is 11.1 Å². The monoisotopic (exact) mass is 463 g/mol. The van der Waals surface area contributed by atoms with Crippen molar-refractivity contribution in [2.75, 3.05) is 4.90 Å². The highest BCUT2D eigenvalue weighted by Gasteiger charge is 2.28. The molecule has 0 aliphatic rings. The van der Waals surface area contributed by atoms with Crippen molar-refractivity contribution in [1.82, 2.24) is 4.98 Å². The lowest BCUT2D eigenvalue weighted by molar-refractivity contribution is -0.117. The Morgan fingerprint density at radius 2 is 1.67 bits per heavy atom. The molecule has 1 heterocycles. The van der Waals surface area contributed by atoms with Crippen LogP contribution in [-0.2, 0) is 16.0 Å². The molecule has 7 nitrogen and oxygen atoms in total. The maximum atomic E-state index is 13.1. The molecule has 8 heteroatoms. The summed E-state index contributed by atoms with van der Waals surface area (Å²) in [7, 11) is 0. The molecular formula is C25H22ClN3O4. The number of aryl methyl sites for hydroxylation is 1. The van der Waals surface area contributed by atoms with E-state index in [0.29, 0.717) is 28.3 Å². The smallest absolute Gasteiger partial charge is 0.421 e. The quantitative estimate of drug-likeness (QED) is 0.456. The number of anilines is 1. The van der Waals surface area contributed by atoms with Gasteiger partial charge >= 0.3 is 6.09 Å². The highest BCUT2D eigenvalue weighted by atomic mass is 35.5. The van der Waals surface area contributed by atoms with Crippen LogP contribution in [-0.4, -0.2) is 23.1 Å². The van der Waals surface area contributed by atoms with Crippen molar-refractivity contribution >= 4 is 29.3 Å². The van der Waals surface area contributed by atoms with E-state index in [1.54, 1.807) is 69.3 Å². The summed E-state index contributed by atoms with van der Waals surface area (Å²) in [6, 6.07) is 17.2. The van der Waals surface area contributed by atoms with Crippen LogP contribution in [0.2, 0.25) is 5.02 Å². The third-order valence-corrected chi connectivity index (χ3v) is 5.02. The van der Waals surface area contributed by atoms with Crippen LogP contribution in [0.25, 0.3) is 0 Å². The second-order valence-corrected chi connectivity index (χ2v) is 7.83. The third kappa shape index (κ3) is 6.09. The van der Waals surface area contributed by atoms with Crippen LogP contribution in [0.1, 0.15) is 30.7 Å². The number of carbonyl (C=O) groups excluding carboxylic acids is 2. The molecule has 168 valence electrons. The maximum Gasteiger partial charge on any atom is 0.421 e. The molecule has 0 radical (unpaired) electrons. The molecule has 2 aromatic carbocycles. The van der Waals surface area contributed by atoms with E-state index in [1.165, 1.54) is 12.3 Å². The molecule has 0 fully saturated rings. The number of nitriles is 1. The van der Waals surface area contributed by atoms with E-state index in [4.69, 9.17) is 26.3 Å². The van der Waals surface area contributed by atoms with E-state index >= 15 is 0 Å². The number of imide groups is 1. The summed E-state index contributed by atoms with van der Waals surface area (Å²) in [5, 5.41) is 9.08. The Bertz CT molecular complexity index is 1190. The molecule has 0 saturated carbocycles. The Balaban J connectivity index is 1.77. The number of ether oxygens (including phenoxy) is 2. The molecule has 0 spiro atoms. The summed E-state index contributed by atoms with van der Waals surface area (Å²) in [4.78, 5) is 30.9. The Labute approximate surface area is 197 Å². The Morgan fingerprint density at radius 1 is 1.06 bits per heavy atom. The zero-order valence-corrected chi connectivity index (χ0v) is 19.2. The molecule has 0 aliphatic heterocycles. The lowest BCUT2D eigenvalue weighted by Crippen LogP contribution is -2.40. The van der Waals surface area contributed by atoms with Crippen molar-refractivity contribution in [2.45, 2.75) is 33.3 Å². The molecule has 33 heavy (non-hydrogen) atoms. The topological polar surface area (TPSA) is 92.5 Å².